The summed E-state index contributed by atoms with van der Waals surface area (Å²) in [7, 11) is 0. The van der Waals surface area contributed by atoms with E-state index in [-0.39, 0.29) is 0 Å². The van der Waals surface area contributed by atoms with Crippen LogP contribution in [0.25, 0.3) is 0 Å². The fraction of sp³-hybridized carbons (Fsp3) is 0.571. The molecule has 41 valence electrons. The van der Waals surface area contributed by atoms with Crippen molar-refractivity contribution in [2.24, 2.45) is 5.92 Å². The van der Waals surface area contributed by atoms with Crippen LogP contribution in [-0.2, 0) is 0 Å². The molecule has 0 nitrogen and oxygen atoms in total. The van der Waals surface area contributed by atoms with E-state index in [1.165, 1.54) is 12.8 Å². The molecule has 0 rings (SSSR count). The summed E-state index contributed by atoms with van der Waals surface area (Å²) in [5.74, 6) is 0.463. The van der Waals surface area contributed by atoms with Crippen LogP contribution in [0.15, 0.2) is 12.7 Å². The van der Waals surface area contributed by atoms with E-state index in [1.807, 2.05) is 6.08 Å². The predicted molar refractivity (Wildman–Crippen MR) is 34.0 cm³/mol. The lowest BCUT2D eigenvalue weighted by atomic mass is 10.1. The van der Waals surface area contributed by atoms with Crippen LogP contribution >= 0.6 is 0 Å². The monoisotopic (exact) mass is 97.1 g/mol. The molecule has 1 unspecified atom stereocenters. The molecule has 0 N–H and O–H groups in total. The Balaban J connectivity index is 2.98. The van der Waals surface area contributed by atoms with Crippen molar-refractivity contribution in [3.05, 3.63) is 19.6 Å². The van der Waals surface area contributed by atoms with Gasteiger partial charge in [-0.1, -0.05) is 19.4 Å². The Morgan fingerprint density at radius 1 is 1.71 bits per heavy atom. The molecule has 0 amide bonds. The van der Waals surface area contributed by atoms with Crippen LogP contribution in [-0.4, -0.2) is 0 Å². The van der Waals surface area contributed by atoms with Gasteiger partial charge in [-0.05, 0) is 19.3 Å². The van der Waals surface area contributed by atoms with E-state index >= 15 is 0 Å². The van der Waals surface area contributed by atoms with Gasteiger partial charge in [-0.25, -0.2) is 0 Å². The van der Waals surface area contributed by atoms with Crippen molar-refractivity contribution in [1.82, 2.24) is 0 Å². The van der Waals surface area contributed by atoms with Crippen LogP contribution in [0.3, 0.4) is 0 Å². The minimum absolute atomic E-state index is 0.463. The average molecular weight is 97.2 g/mol. The van der Waals surface area contributed by atoms with Gasteiger partial charge in [0.25, 0.3) is 0 Å². The van der Waals surface area contributed by atoms with Crippen molar-refractivity contribution in [3.63, 3.8) is 0 Å². The van der Waals surface area contributed by atoms with Gasteiger partial charge in [0.2, 0.25) is 0 Å². The standard InChI is InChI=1S/C7H13/c1-4-6-7(3)5-2/h5,7H,2-4,6H2,1H3. The minimum atomic E-state index is 0.463. The second-order valence-corrected chi connectivity index (χ2v) is 1.78. The summed E-state index contributed by atoms with van der Waals surface area (Å²) in [6.07, 6.45) is 4.27. The van der Waals surface area contributed by atoms with E-state index in [1.54, 1.807) is 0 Å². The third-order valence-corrected chi connectivity index (χ3v) is 0.993. The molecule has 0 aliphatic carbocycles. The molecule has 0 aromatic carbocycles. The zero-order valence-electron chi connectivity index (χ0n) is 4.98. The highest BCUT2D eigenvalue weighted by atomic mass is 13.9. The quantitative estimate of drug-likeness (QED) is 0.474. The molecule has 0 saturated carbocycles. The Kier molecular flexibility index (Phi) is 3.77. The molecule has 0 aromatic heterocycles. The zero-order chi connectivity index (χ0) is 5.70. The maximum absolute atomic E-state index is 3.83. The zero-order valence-corrected chi connectivity index (χ0v) is 4.98. The molecule has 0 heterocycles. The molecule has 0 heteroatoms. The normalized spacial score (nSPS) is 13.4. The number of hydrogen-bond donors (Lipinski definition) is 0. The Morgan fingerprint density at radius 3 is 2.43 bits per heavy atom. The van der Waals surface area contributed by atoms with Crippen LogP contribution in [0, 0.1) is 12.8 Å². The van der Waals surface area contributed by atoms with E-state index in [2.05, 4.69) is 20.4 Å². The summed E-state index contributed by atoms with van der Waals surface area (Å²) in [6.45, 7) is 9.60. The lowest BCUT2D eigenvalue weighted by molar-refractivity contribution is 0.689. The molecule has 7 heavy (non-hydrogen) atoms. The van der Waals surface area contributed by atoms with Crippen molar-refractivity contribution in [3.8, 4) is 0 Å². The Morgan fingerprint density at radius 2 is 2.29 bits per heavy atom. The molecular weight excluding hydrogens is 84.1 g/mol. The molecule has 1 atom stereocenters. The highest BCUT2D eigenvalue weighted by molar-refractivity contribution is 4.79. The van der Waals surface area contributed by atoms with Gasteiger partial charge in [0.05, 0.1) is 0 Å². The van der Waals surface area contributed by atoms with Crippen molar-refractivity contribution in [2.75, 3.05) is 0 Å². The molecule has 1 radical (unpaired) electrons. The van der Waals surface area contributed by atoms with Crippen LogP contribution in [0.5, 0.6) is 0 Å². The maximum Gasteiger partial charge on any atom is -0.0236 e. The number of hydrogen-bond acceptors (Lipinski definition) is 0. The topological polar surface area (TPSA) is 0 Å². The van der Waals surface area contributed by atoms with Gasteiger partial charge < -0.3 is 0 Å². The lowest BCUT2D eigenvalue weighted by Gasteiger charge is -1.98. The second kappa shape index (κ2) is 3.91. The molecule has 0 aliphatic heterocycles. The summed E-state index contributed by atoms with van der Waals surface area (Å²) < 4.78 is 0. The predicted octanol–water partition coefficient (Wildman–Crippen LogP) is 2.42. The first-order valence-electron chi connectivity index (χ1n) is 2.77. The van der Waals surface area contributed by atoms with Gasteiger partial charge in [0, 0.05) is 0 Å². The Hall–Kier alpha value is -0.260. The second-order valence-electron chi connectivity index (χ2n) is 1.78. The maximum atomic E-state index is 3.83. The largest absolute Gasteiger partial charge is 0.103 e. The van der Waals surface area contributed by atoms with E-state index in [9.17, 15) is 0 Å². The Bertz CT molecular complexity index is 46.0. The molecule has 0 spiro atoms. The van der Waals surface area contributed by atoms with Crippen LogP contribution in [0.1, 0.15) is 19.8 Å². The van der Waals surface area contributed by atoms with Crippen LogP contribution in [0.4, 0.5) is 0 Å². The smallest absolute Gasteiger partial charge is 0.0236 e. The van der Waals surface area contributed by atoms with Gasteiger partial charge in [-0.2, -0.15) is 0 Å². The van der Waals surface area contributed by atoms with Gasteiger partial charge in [-0.15, -0.1) is 6.58 Å². The summed E-state index contributed by atoms with van der Waals surface area (Å²) in [5.41, 5.74) is 0. The summed E-state index contributed by atoms with van der Waals surface area (Å²) in [4.78, 5) is 0. The van der Waals surface area contributed by atoms with E-state index in [4.69, 9.17) is 0 Å². The third kappa shape index (κ3) is 3.57. The molecule has 0 fully saturated rings. The van der Waals surface area contributed by atoms with Crippen LogP contribution in [0.2, 0.25) is 0 Å². The van der Waals surface area contributed by atoms with E-state index in [0.717, 1.165) is 0 Å². The van der Waals surface area contributed by atoms with Crippen molar-refractivity contribution in [2.45, 2.75) is 19.8 Å². The first kappa shape index (κ1) is 6.74. The summed E-state index contributed by atoms with van der Waals surface area (Å²) in [5, 5.41) is 0. The lowest BCUT2D eigenvalue weighted by Crippen LogP contribution is -1.85. The molecule has 0 aliphatic rings. The fourth-order valence-electron chi connectivity index (χ4n) is 0.489. The highest BCUT2D eigenvalue weighted by Crippen LogP contribution is 2.03. The van der Waals surface area contributed by atoms with Gasteiger partial charge in [0.1, 0.15) is 0 Å². The highest BCUT2D eigenvalue weighted by Gasteiger charge is 1.89. The van der Waals surface area contributed by atoms with Gasteiger partial charge in [-0.3, -0.25) is 0 Å². The first-order valence-corrected chi connectivity index (χ1v) is 2.77. The minimum Gasteiger partial charge on any atom is -0.103 e. The molecular formula is C7H13. The van der Waals surface area contributed by atoms with Crippen molar-refractivity contribution >= 4 is 0 Å². The first-order chi connectivity index (χ1) is 3.31. The van der Waals surface area contributed by atoms with Gasteiger partial charge >= 0.3 is 0 Å². The van der Waals surface area contributed by atoms with E-state index in [0.29, 0.717) is 5.92 Å². The third-order valence-electron chi connectivity index (χ3n) is 0.993. The van der Waals surface area contributed by atoms with E-state index < -0.39 is 0 Å². The SMILES string of the molecule is [CH2]C(C=C)CCC. The Labute approximate surface area is 46.2 Å². The molecule has 0 bridgehead atoms. The summed E-state index contributed by atoms with van der Waals surface area (Å²) >= 11 is 0. The summed E-state index contributed by atoms with van der Waals surface area (Å²) in [6, 6.07) is 0. The van der Waals surface area contributed by atoms with Crippen molar-refractivity contribution in [1.29, 1.82) is 0 Å². The average Bonchev–Trinajstić information content (AvgIpc) is 1.68. The fourth-order valence-corrected chi connectivity index (χ4v) is 0.489. The van der Waals surface area contributed by atoms with Crippen LogP contribution < -0.4 is 0 Å². The molecule has 0 saturated heterocycles. The number of rotatable bonds is 3. The van der Waals surface area contributed by atoms with Crippen molar-refractivity contribution < 1.29 is 0 Å². The van der Waals surface area contributed by atoms with Gasteiger partial charge in [0.15, 0.2) is 0 Å². The number of allylic oxidation sites excluding steroid dienone is 1. The molecule has 0 aromatic rings.